The Morgan fingerprint density at radius 3 is 2.53 bits per heavy atom. The molecule has 0 heterocycles. The van der Waals surface area contributed by atoms with Gasteiger partial charge in [-0.1, -0.05) is 30.3 Å². The number of allylic oxidation sites excluding steroid dienone is 2. The SMILES string of the molecule is O=C(O)C[C@@H](O)Cc1ccc(C2=CCCCC2)cc1. The molecule has 0 spiro atoms. The van der Waals surface area contributed by atoms with Gasteiger partial charge in [-0.15, -0.1) is 0 Å². The fraction of sp³-hybridized carbons (Fsp3) is 0.438. The van der Waals surface area contributed by atoms with Gasteiger partial charge in [0.05, 0.1) is 12.5 Å². The number of carboxylic acid groups (broad SMARTS) is 1. The maximum atomic E-state index is 10.5. The first kappa shape index (κ1) is 13.8. The zero-order valence-corrected chi connectivity index (χ0v) is 11.0. The first-order chi connectivity index (χ1) is 9.15. The monoisotopic (exact) mass is 260 g/mol. The van der Waals surface area contributed by atoms with Crippen molar-refractivity contribution in [1.29, 1.82) is 0 Å². The number of carbonyl (C=O) groups is 1. The standard InChI is InChI=1S/C16H20O3/c17-15(11-16(18)19)10-12-6-8-14(9-7-12)13-4-2-1-3-5-13/h4,6-9,15,17H,1-3,5,10-11H2,(H,18,19)/t15-/m0/s1. The molecule has 1 atom stereocenters. The summed E-state index contributed by atoms with van der Waals surface area (Å²) in [6.45, 7) is 0. The summed E-state index contributed by atoms with van der Waals surface area (Å²) in [7, 11) is 0. The van der Waals surface area contributed by atoms with E-state index >= 15 is 0 Å². The summed E-state index contributed by atoms with van der Waals surface area (Å²) in [4.78, 5) is 10.5. The Hall–Kier alpha value is -1.61. The lowest BCUT2D eigenvalue weighted by atomic mass is 9.92. The van der Waals surface area contributed by atoms with E-state index in [1.807, 2.05) is 12.1 Å². The molecule has 0 unspecified atom stereocenters. The number of aliphatic hydroxyl groups is 1. The van der Waals surface area contributed by atoms with E-state index in [1.54, 1.807) is 0 Å². The summed E-state index contributed by atoms with van der Waals surface area (Å²) in [5.41, 5.74) is 3.63. The van der Waals surface area contributed by atoms with Crippen molar-refractivity contribution < 1.29 is 15.0 Å². The van der Waals surface area contributed by atoms with Crippen LogP contribution in [0.15, 0.2) is 30.3 Å². The zero-order chi connectivity index (χ0) is 13.7. The van der Waals surface area contributed by atoms with Crippen LogP contribution >= 0.6 is 0 Å². The Morgan fingerprint density at radius 1 is 1.21 bits per heavy atom. The predicted octanol–water partition coefficient (Wildman–Crippen LogP) is 3.02. The highest BCUT2D eigenvalue weighted by molar-refractivity contribution is 5.67. The summed E-state index contributed by atoms with van der Waals surface area (Å²) in [5, 5.41) is 18.2. The third-order valence-electron chi connectivity index (χ3n) is 3.50. The lowest BCUT2D eigenvalue weighted by Gasteiger charge is -2.14. The van der Waals surface area contributed by atoms with Crippen molar-refractivity contribution in [3.05, 3.63) is 41.5 Å². The van der Waals surface area contributed by atoms with Crippen molar-refractivity contribution in [2.45, 2.75) is 44.6 Å². The third-order valence-corrected chi connectivity index (χ3v) is 3.50. The second-order valence-corrected chi connectivity index (χ2v) is 5.13. The van der Waals surface area contributed by atoms with Gasteiger partial charge in [-0.3, -0.25) is 4.79 Å². The maximum Gasteiger partial charge on any atom is 0.305 e. The van der Waals surface area contributed by atoms with Gasteiger partial charge in [-0.05, 0) is 48.8 Å². The molecule has 2 rings (SSSR count). The number of hydrogen-bond acceptors (Lipinski definition) is 2. The Bertz CT molecular complexity index is 459. The average Bonchev–Trinajstić information content (AvgIpc) is 2.39. The van der Waals surface area contributed by atoms with Crippen LogP contribution in [0.3, 0.4) is 0 Å². The van der Waals surface area contributed by atoms with Crippen molar-refractivity contribution in [2.75, 3.05) is 0 Å². The largest absolute Gasteiger partial charge is 0.481 e. The minimum absolute atomic E-state index is 0.201. The molecule has 0 amide bonds. The van der Waals surface area contributed by atoms with Crippen molar-refractivity contribution in [3.8, 4) is 0 Å². The highest BCUT2D eigenvalue weighted by Crippen LogP contribution is 2.26. The maximum absolute atomic E-state index is 10.5. The van der Waals surface area contributed by atoms with Crippen molar-refractivity contribution >= 4 is 11.5 Å². The molecular formula is C16H20O3. The van der Waals surface area contributed by atoms with E-state index < -0.39 is 12.1 Å². The van der Waals surface area contributed by atoms with Crippen LogP contribution < -0.4 is 0 Å². The van der Waals surface area contributed by atoms with Gasteiger partial charge in [-0.2, -0.15) is 0 Å². The van der Waals surface area contributed by atoms with Crippen LogP contribution in [-0.4, -0.2) is 22.3 Å². The van der Waals surface area contributed by atoms with Crippen LogP contribution in [0.2, 0.25) is 0 Å². The minimum Gasteiger partial charge on any atom is -0.481 e. The predicted molar refractivity (Wildman–Crippen MR) is 74.9 cm³/mol. The van der Waals surface area contributed by atoms with Gasteiger partial charge in [0.1, 0.15) is 0 Å². The molecule has 3 heteroatoms. The third kappa shape index (κ3) is 4.21. The smallest absolute Gasteiger partial charge is 0.305 e. The van der Waals surface area contributed by atoms with Crippen molar-refractivity contribution in [3.63, 3.8) is 0 Å². The van der Waals surface area contributed by atoms with Crippen LogP contribution in [0.25, 0.3) is 5.57 Å². The first-order valence-corrected chi connectivity index (χ1v) is 6.83. The van der Waals surface area contributed by atoms with E-state index in [0.29, 0.717) is 6.42 Å². The number of aliphatic hydroxyl groups excluding tert-OH is 1. The summed E-state index contributed by atoms with van der Waals surface area (Å²) in [6.07, 6.45) is 6.52. The highest BCUT2D eigenvalue weighted by atomic mass is 16.4. The molecule has 0 aliphatic heterocycles. The molecule has 0 radical (unpaired) electrons. The molecule has 0 saturated heterocycles. The molecule has 3 nitrogen and oxygen atoms in total. The van der Waals surface area contributed by atoms with Gasteiger partial charge < -0.3 is 10.2 Å². The molecule has 0 saturated carbocycles. The molecule has 19 heavy (non-hydrogen) atoms. The Morgan fingerprint density at radius 2 is 1.95 bits per heavy atom. The van der Waals surface area contributed by atoms with Crippen LogP contribution in [0.4, 0.5) is 0 Å². The van der Waals surface area contributed by atoms with Crippen molar-refractivity contribution in [1.82, 2.24) is 0 Å². The van der Waals surface area contributed by atoms with Gasteiger partial charge in [-0.25, -0.2) is 0 Å². The van der Waals surface area contributed by atoms with E-state index in [0.717, 1.165) is 18.4 Å². The van der Waals surface area contributed by atoms with Gasteiger partial charge in [0.25, 0.3) is 0 Å². The fourth-order valence-corrected chi connectivity index (χ4v) is 2.50. The van der Waals surface area contributed by atoms with E-state index in [4.69, 9.17) is 5.11 Å². The topological polar surface area (TPSA) is 57.5 Å². The number of aliphatic carboxylic acids is 1. The summed E-state index contributed by atoms with van der Waals surface area (Å²) >= 11 is 0. The zero-order valence-electron chi connectivity index (χ0n) is 11.0. The molecule has 2 N–H and O–H groups in total. The van der Waals surface area contributed by atoms with Crippen molar-refractivity contribution in [2.24, 2.45) is 0 Å². The van der Waals surface area contributed by atoms with Crippen LogP contribution in [0, 0.1) is 0 Å². The number of hydrogen-bond donors (Lipinski definition) is 2. The summed E-state index contributed by atoms with van der Waals surface area (Å²) in [5.74, 6) is -0.962. The van der Waals surface area contributed by atoms with Gasteiger partial charge in [0.2, 0.25) is 0 Å². The Balaban J connectivity index is 1.98. The summed E-state index contributed by atoms with van der Waals surface area (Å²) < 4.78 is 0. The Labute approximate surface area is 113 Å². The average molecular weight is 260 g/mol. The second kappa shape index (κ2) is 6.53. The van der Waals surface area contributed by atoms with Crippen LogP contribution in [0.5, 0.6) is 0 Å². The highest BCUT2D eigenvalue weighted by Gasteiger charge is 2.11. The fourth-order valence-electron chi connectivity index (χ4n) is 2.50. The van der Waals surface area contributed by atoms with E-state index in [1.165, 1.54) is 24.0 Å². The molecule has 1 aliphatic carbocycles. The minimum atomic E-state index is -0.962. The van der Waals surface area contributed by atoms with Crippen LogP contribution in [-0.2, 0) is 11.2 Å². The molecule has 1 aromatic rings. The normalized spacial score (nSPS) is 16.8. The quantitative estimate of drug-likeness (QED) is 0.855. The second-order valence-electron chi connectivity index (χ2n) is 5.13. The number of benzene rings is 1. The molecule has 0 fully saturated rings. The lowest BCUT2D eigenvalue weighted by Crippen LogP contribution is -2.15. The summed E-state index contributed by atoms with van der Waals surface area (Å²) in [6, 6.07) is 8.10. The van der Waals surface area contributed by atoms with E-state index in [2.05, 4.69) is 18.2 Å². The molecule has 0 aromatic heterocycles. The number of rotatable bonds is 5. The molecular weight excluding hydrogens is 240 g/mol. The first-order valence-electron chi connectivity index (χ1n) is 6.83. The van der Waals surface area contributed by atoms with Crippen LogP contribution in [0.1, 0.15) is 43.2 Å². The molecule has 0 bridgehead atoms. The van der Waals surface area contributed by atoms with E-state index in [9.17, 15) is 9.90 Å². The van der Waals surface area contributed by atoms with E-state index in [-0.39, 0.29) is 6.42 Å². The lowest BCUT2D eigenvalue weighted by molar-refractivity contribution is -0.139. The Kier molecular flexibility index (Phi) is 4.74. The number of carboxylic acids is 1. The molecule has 1 aliphatic rings. The molecule has 102 valence electrons. The van der Waals surface area contributed by atoms with Gasteiger partial charge in [0.15, 0.2) is 0 Å². The van der Waals surface area contributed by atoms with Gasteiger partial charge >= 0.3 is 5.97 Å². The molecule has 1 aromatic carbocycles. The van der Waals surface area contributed by atoms with Gasteiger partial charge in [0, 0.05) is 0 Å².